The average molecular weight is 485 g/mol. The smallest absolute Gasteiger partial charge is 0.234 e. The van der Waals surface area contributed by atoms with E-state index >= 15 is 0 Å². The van der Waals surface area contributed by atoms with Crippen LogP contribution in [0.5, 0.6) is 0 Å². The van der Waals surface area contributed by atoms with E-state index in [-0.39, 0.29) is 24.2 Å². The number of benzene rings is 1. The highest BCUT2D eigenvalue weighted by molar-refractivity contribution is 7.18. The number of carbonyl (C=O) groups is 1. The standard InChI is InChI=1S/C25H36N6O2S/c32-24-21(25-28-19-5-1-2-6-20(19)34-25)23(27-17-4-3-10-26-14-17)29-22(30-24)16-7-11-31(12-8-16)18-9-13-33-15-18/h1-2,5-6,16-18,21-23,26-27,29H,3-4,7-15H2,(H,30,32)/t17-,18?,21?,22?,23?/m1/s1. The first-order chi connectivity index (χ1) is 16.7. The van der Waals surface area contributed by atoms with Gasteiger partial charge >= 0.3 is 0 Å². The van der Waals surface area contributed by atoms with Gasteiger partial charge in [-0.05, 0) is 69.8 Å². The number of carbonyl (C=O) groups excluding carboxylic acids is 1. The fraction of sp³-hybridized carbons (Fsp3) is 0.680. The molecule has 4 aliphatic rings. The van der Waals surface area contributed by atoms with Crippen LogP contribution < -0.4 is 21.3 Å². The Bertz CT molecular complexity index is 948. The maximum absolute atomic E-state index is 13.6. The zero-order valence-electron chi connectivity index (χ0n) is 19.7. The van der Waals surface area contributed by atoms with E-state index in [4.69, 9.17) is 9.72 Å². The molecule has 4 aliphatic heterocycles. The zero-order valence-corrected chi connectivity index (χ0v) is 20.5. The van der Waals surface area contributed by atoms with Crippen LogP contribution in [-0.2, 0) is 9.53 Å². The van der Waals surface area contributed by atoms with E-state index in [0.717, 1.165) is 86.7 Å². The SMILES string of the molecule is O=C1NC(C2CCN(C3CCOC3)CC2)NC(N[C@@H]2CCCNC2)C1c1nc2ccccc2s1. The molecule has 4 saturated heterocycles. The summed E-state index contributed by atoms with van der Waals surface area (Å²) in [5, 5.41) is 15.4. The highest BCUT2D eigenvalue weighted by Crippen LogP contribution is 2.33. The molecule has 34 heavy (non-hydrogen) atoms. The molecule has 5 atom stereocenters. The zero-order chi connectivity index (χ0) is 22.9. The Morgan fingerprint density at radius 3 is 2.79 bits per heavy atom. The first kappa shape index (κ1) is 22.8. The molecule has 4 N–H and O–H groups in total. The summed E-state index contributed by atoms with van der Waals surface area (Å²) in [6, 6.07) is 9.10. The second-order valence-electron chi connectivity index (χ2n) is 10.2. The molecule has 1 amide bonds. The van der Waals surface area contributed by atoms with Crippen LogP contribution in [0.2, 0.25) is 0 Å². The van der Waals surface area contributed by atoms with Crippen molar-refractivity contribution >= 4 is 27.5 Å². The number of fused-ring (bicyclic) bond motifs is 1. The predicted molar refractivity (Wildman–Crippen MR) is 134 cm³/mol. The van der Waals surface area contributed by atoms with Crippen LogP contribution in [0.15, 0.2) is 24.3 Å². The molecule has 184 valence electrons. The van der Waals surface area contributed by atoms with E-state index in [9.17, 15) is 4.79 Å². The predicted octanol–water partition coefficient (Wildman–Crippen LogP) is 1.59. The van der Waals surface area contributed by atoms with Crippen molar-refractivity contribution in [3.05, 3.63) is 29.3 Å². The van der Waals surface area contributed by atoms with Crippen molar-refractivity contribution < 1.29 is 9.53 Å². The van der Waals surface area contributed by atoms with Gasteiger partial charge in [0.15, 0.2) is 0 Å². The molecule has 0 saturated carbocycles. The lowest BCUT2D eigenvalue weighted by atomic mass is 9.89. The highest BCUT2D eigenvalue weighted by atomic mass is 32.1. The molecule has 1 aromatic heterocycles. The molecule has 8 nitrogen and oxygen atoms in total. The molecule has 4 fully saturated rings. The Hall–Kier alpha value is -1.62. The largest absolute Gasteiger partial charge is 0.380 e. The molecule has 0 radical (unpaired) electrons. The van der Waals surface area contributed by atoms with Gasteiger partial charge in [0.1, 0.15) is 10.9 Å². The lowest BCUT2D eigenvalue weighted by molar-refractivity contribution is -0.128. The van der Waals surface area contributed by atoms with Gasteiger partial charge in [0.2, 0.25) is 5.91 Å². The minimum absolute atomic E-state index is 0.00541. The highest BCUT2D eigenvalue weighted by Gasteiger charge is 2.43. The van der Waals surface area contributed by atoms with Gasteiger partial charge in [-0.3, -0.25) is 20.3 Å². The summed E-state index contributed by atoms with van der Waals surface area (Å²) in [6.45, 7) is 5.94. The Balaban J connectivity index is 1.19. The fourth-order valence-electron chi connectivity index (χ4n) is 6.08. The quantitative estimate of drug-likeness (QED) is 0.513. The van der Waals surface area contributed by atoms with Crippen molar-refractivity contribution in [3.63, 3.8) is 0 Å². The molecular weight excluding hydrogens is 448 g/mol. The number of thiazole rings is 1. The number of ether oxygens (including phenoxy) is 1. The van der Waals surface area contributed by atoms with Crippen molar-refractivity contribution in [1.29, 1.82) is 0 Å². The molecule has 2 aromatic rings. The number of hydrogen-bond acceptors (Lipinski definition) is 8. The number of amides is 1. The van der Waals surface area contributed by atoms with E-state index in [1.54, 1.807) is 11.3 Å². The number of aromatic nitrogens is 1. The molecule has 1 aromatic carbocycles. The molecular formula is C25H36N6O2S. The van der Waals surface area contributed by atoms with Crippen LogP contribution in [0.3, 0.4) is 0 Å². The maximum atomic E-state index is 13.6. The van der Waals surface area contributed by atoms with E-state index in [0.29, 0.717) is 18.0 Å². The summed E-state index contributed by atoms with van der Waals surface area (Å²) >= 11 is 1.64. The number of likely N-dealkylation sites (tertiary alicyclic amines) is 1. The number of nitrogens with zero attached hydrogens (tertiary/aromatic N) is 2. The normalized spacial score (nSPS) is 33.9. The van der Waals surface area contributed by atoms with Gasteiger partial charge in [0.05, 0.1) is 29.2 Å². The Labute approximate surface area is 205 Å². The Morgan fingerprint density at radius 1 is 1.15 bits per heavy atom. The van der Waals surface area contributed by atoms with Crippen molar-refractivity contribution in [2.75, 3.05) is 39.4 Å². The van der Waals surface area contributed by atoms with Gasteiger partial charge in [-0.15, -0.1) is 11.3 Å². The molecule has 0 aliphatic carbocycles. The second kappa shape index (κ2) is 10.2. The van der Waals surface area contributed by atoms with Gasteiger partial charge < -0.3 is 15.4 Å². The summed E-state index contributed by atoms with van der Waals surface area (Å²) in [5.74, 6) is 0.203. The van der Waals surface area contributed by atoms with Crippen molar-refractivity contribution in [2.45, 2.75) is 62.4 Å². The van der Waals surface area contributed by atoms with E-state index in [2.05, 4.69) is 32.2 Å². The molecule has 0 spiro atoms. The fourth-order valence-corrected chi connectivity index (χ4v) is 7.18. The lowest BCUT2D eigenvalue weighted by Crippen LogP contribution is -2.69. The maximum Gasteiger partial charge on any atom is 0.234 e. The van der Waals surface area contributed by atoms with Gasteiger partial charge in [-0.25, -0.2) is 4.98 Å². The first-order valence-electron chi connectivity index (χ1n) is 12.9. The number of piperidine rings is 2. The van der Waals surface area contributed by atoms with E-state index < -0.39 is 0 Å². The molecule has 9 heteroatoms. The van der Waals surface area contributed by atoms with Crippen LogP contribution in [-0.4, -0.2) is 79.6 Å². The van der Waals surface area contributed by atoms with Gasteiger partial charge in [0, 0.05) is 25.2 Å². The molecule has 4 unspecified atom stereocenters. The minimum Gasteiger partial charge on any atom is -0.380 e. The second-order valence-corrected chi connectivity index (χ2v) is 11.3. The number of para-hydroxylation sites is 1. The molecule has 5 heterocycles. The third-order valence-electron chi connectivity index (χ3n) is 8.03. The van der Waals surface area contributed by atoms with E-state index in [1.165, 1.54) is 0 Å². The average Bonchev–Trinajstić information content (AvgIpc) is 3.55. The minimum atomic E-state index is -0.327. The summed E-state index contributed by atoms with van der Waals surface area (Å²) in [4.78, 5) is 21.0. The van der Waals surface area contributed by atoms with Crippen molar-refractivity contribution in [3.8, 4) is 0 Å². The third kappa shape index (κ3) is 4.74. The number of nitrogens with one attached hydrogen (secondary N) is 4. The lowest BCUT2D eigenvalue weighted by Gasteiger charge is -2.45. The summed E-state index contributed by atoms with van der Waals surface area (Å²) in [6.07, 6.45) is 5.50. The summed E-state index contributed by atoms with van der Waals surface area (Å²) < 4.78 is 6.73. The van der Waals surface area contributed by atoms with Gasteiger partial charge in [0.25, 0.3) is 0 Å². The number of hydrogen-bond donors (Lipinski definition) is 4. The topological polar surface area (TPSA) is 90.6 Å². The Morgan fingerprint density at radius 2 is 2.03 bits per heavy atom. The van der Waals surface area contributed by atoms with Crippen molar-refractivity contribution in [2.24, 2.45) is 5.92 Å². The Kier molecular flexibility index (Phi) is 6.82. The van der Waals surface area contributed by atoms with Crippen LogP contribution in [0.1, 0.15) is 43.0 Å². The third-order valence-corrected chi connectivity index (χ3v) is 9.15. The summed E-state index contributed by atoms with van der Waals surface area (Å²) in [7, 11) is 0. The van der Waals surface area contributed by atoms with Gasteiger partial charge in [-0.1, -0.05) is 12.1 Å². The van der Waals surface area contributed by atoms with Gasteiger partial charge in [-0.2, -0.15) is 0 Å². The van der Waals surface area contributed by atoms with Crippen LogP contribution in [0, 0.1) is 5.92 Å². The van der Waals surface area contributed by atoms with Crippen LogP contribution >= 0.6 is 11.3 Å². The first-order valence-corrected chi connectivity index (χ1v) is 13.8. The monoisotopic (exact) mass is 484 g/mol. The van der Waals surface area contributed by atoms with Crippen LogP contribution in [0.25, 0.3) is 10.2 Å². The van der Waals surface area contributed by atoms with Crippen molar-refractivity contribution in [1.82, 2.24) is 31.2 Å². The molecule has 6 rings (SSSR count). The summed E-state index contributed by atoms with van der Waals surface area (Å²) in [5.41, 5.74) is 0.971. The number of rotatable bonds is 5. The molecule has 0 bridgehead atoms. The van der Waals surface area contributed by atoms with Crippen LogP contribution in [0.4, 0.5) is 0 Å². The van der Waals surface area contributed by atoms with E-state index in [1.807, 2.05) is 18.2 Å².